The fourth-order valence-corrected chi connectivity index (χ4v) is 10.5. The van der Waals surface area contributed by atoms with Gasteiger partial charge in [-0.2, -0.15) is 0 Å². The molecule has 176 valence electrons. The molecule has 2 heterocycles. The largest absolute Gasteiger partial charge is 0.381 e. The highest BCUT2D eigenvalue weighted by Crippen LogP contribution is 2.71. The van der Waals surface area contributed by atoms with E-state index in [0.29, 0.717) is 40.8 Å². The predicted octanol–water partition coefficient (Wildman–Crippen LogP) is 6.45. The van der Waals surface area contributed by atoms with E-state index < -0.39 is 0 Å². The van der Waals surface area contributed by atoms with Crippen LogP contribution in [-0.4, -0.2) is 31.7 Å². The third kappa shape index (κ3) is 2.88. The van der Waals surface area contributed by atoms with Crippen molar-refractivity contribution < 1.29 is 14.2 Å². The van der Waals surface area contributed by atoms with E-state index in [2.05, 4.69) is 27.7 Å². The van der Waals surface area contributed by atoms with Gasteiger partial charge in [-0.1, -0.05) is 27.7 Å². The van der Waals surface area contributed by atoms with Crippen molar-refractivity contribution in [2.24, 2.45) is 52.3 Å². The molecule has 12 atom stereocenters. The topological polar surface area (TPSA) is 27.7 Å². The number of hydrogen-bond acceptors (Lipinski definition) is 3. The molecule has 0 aromatic carbocycles. The lowest BCUT2D eigenvalue weighted by atomic mass is 9.44. The van der Waals surface area contributed by atoms with Crippen LogP contribution in [0.3, 0.4) is 0 Å². The third-order valence-electron chi connectivity index (χ3n) is 12.2. The van der Waals surface area contributed by atoms with Crippen molar-refractivity contribution in [2.75, 3.05) is 13.7 Å². The van der Waals surface area contributed by atoms with Crippen LogP contribution in [0.25, 0.3) is 0 Å². The lowest BCUT2D eigenvalue weighted by Gasteiger charge is -2.61. The highest BCUT2D eigenvalue weighted by Gasteiger charge is 2.69. The summed E-state index contributed by atoms with van der Waals surface area (Å²) in [6.45, 7) is 11.0. The molecule has 0 amide bonds. The Balaban J connectivity index is 1.24. The monoisotopic (exact) mass is 430 g/mol. The summed E-state index contributed by atoms with van der Waals surface area (Å²) in [7, 11) is 1.92. The van der Waals surface area contributed by atoms with Gasteiger partial charge >= 0.3 is 0 Å². The summed E-state index contributed by atoms with van der Waals surface area (Å²) < 4.78 is 19.2. The Kier molecular flexibility index (Phi) is 4.97. The van der Waals surface area contributed by atoms with Crippen LogP contribution in [0.5, 0.6) is 0 Å². The Morgan fingerprint density at radius 3 is 2.39 bits per heavy atom. The van der Waals surface area contributed by atoms with Crippen molar-refractivity contribution in [1.82, 2.24) is 0 Å². The van der Waals surface area contributed by atoms with Crippen molar-refractivity contribution in [1.29, 1.82) is 0 Å². The van der Waals surface area contributed by atoms with Crippen LogP contribution in [0, 0.1) is 52.3 Å². The molecule has 4 saturated carbocycles. The zero-order valence-electron chi connectivity index (χ0n) is 20.7. The molecular weight excluding hydrogens is 384 g/mol. The Morgan fingerprint density at radius 2 is 1.65 bits per heavy atom. The van der Waals surface area contributed by atoms with Crippen molar-refractivity contribution in [3.05, 3.63) is 0 Å². The van der Waals surface area contributed by atoms with Crippen LogP contribution in [0.4, 0.5) is 0 Å². The zero-order chi connectivity index (χ0) is 21.6. The fraction of sp³-hybridized carbons (Fsp3) is 1.00. The first-order valence-corrected chi connectivity index (χ1v) is 13.7. The first kappa shape index (κ1) is 21.4. The minimum Gasteiger partial charge on any atom is -0.381 e. The average molecular weight is 431 g/mol. The summed E-state index contributed by atoms with van der Waals surface area (Å²) >= 11 is 0. The number of rotatable bonds is 1. The van der Waals surface area contributed by atoms with E-state index in [1.807, 2.05) is 7.11 Å². The lowest BCUT2D eigenvalue weighted by Crippen LogP contribution is -2.55. The molecule has 6 aliphatic rings. The van der Waals surface area contributed by atoms with Gasteiger partial charge < -0.3 is 14.2 Å². The van der Waals surface area contributed by atoms with Gasteiger partial charge in [0.15, 0.2) is 5.79 Å². The fourth-order valence-electron chi connectivity index (χ4n) is 10.5. The maximum absolute atomic E-state index is 6.93. The molecule has 1 spiro atoms. The van der Waals surface area contributed by atoms with Gasteiger partial charge in [-0.3, -0.25) is 0 Å². The Morgan fingerprint density at radius 1 is 0.839 bits per heavy atom. The smallest absolute Gasteiger partial charge is 0.171 e. The van der Waals surface area contributed by atoms with Gasteiger partial charge in [-0.15, -0.1) is 0 Å². The van der Waals surface area contributed by atoms with E-state index in [-0.39, 0.29) is 5.79 Å². The van der Waals surface area contributed by atoms with Gasteiger partial charge in [0.2, 0.25) is 0 Å². The van der Waals surface area contributed by atoms with Gasteiger partial charge in [-0.05, 0) is 104 Å². The summed E-state index contributed by atoms with van der Waals surface area (Å²) in [6, 6.07) is 0. The first-order valence-electron chi connectivity index (χ1n) is 13.7. The van der Waals surface area contributed by atoms with E-state index in [9.17, 15) is 0 Å². The molecule has 31 heavy (non-hydrogen) atoms. The van der Waals surface area contributed by atoms with Gasteiger partial charge in [0.25, 0.3) is 0 Å². The minimum absolute atomic E-state index is 0.269. The molecular formula is C28H46O3. The van der Waals surface area contributed by atoms with Crippen LogP contribution in [0.15, 0.2) is 0 Å². The summed E-state index contributed by atoms with van der Waals surface area (Å²) in [5.41, 5.74) is 1.00. The molecule has 2 saturated heterocycles. The standard InChI is InChI=1S/C28H46O3/c1-17-8-13-28(30-16-17)18(2)25-24(31-28)15-23-21-7-6-19-14-20(29-5)9-11-26(19,3)22(21)10-12-27(23,25)4/h17-25H,6-16H2,1-5H3/t17?,18-,19+,20-,21?,22?,23?,24-,25?,26-,27-,28?/m0/s1. The number of methoxy groups -OCH3 is 1. The van der Waals surface area contributed by atoms with Crippen molar-refractivity contribution in [3.63, 3.8) is 0 Å². The molecule has 0 radical (unpaired) electrons. The molecule has 0 aromatic rings. The molecule has 6 rings (SSSR count). The quantitative estimate of drug-likeness (QED) is 0.478. The summed E-state index contributed by atoms with van der Waals surface area (Å²) in [6.07, 6.45) is 14.3. The average Bonchev–Trinajstić information content (AvgIpc) is 3.20. The second-order valence-corrected chi connectivity index (χ2v) is 13.3. The maximum atomic E-state index is 6.93. The molecule has 3 heteroatoms. The predicted molar refractivity (Wildman–Crippen MR) is 123 cm³/mol. The maximum Gasteiger partial charge on any atom is 0.171 e. The number of fused-ring (bicyclic) bond motifs is 7. The molecule has 4 aliphatic carbocycles. The van der Waals surface area contributed by atoms with E-state index in [1.54, 1.807) is 0 Å². The first-order chi connectivity index (χ1) is 14.8. The number of hydrogen-bond donors (Lipinski definition) is 0. The van der Waals surface area contributed by atoms with E-state index in [0.717, 1.165) is 36.7 Å². The summed E-state index contributed by atoms with van der Waals surface area (Å²) in [4.78, 5) is 0. The Bertz CT molecular complexity index is 698. The van der Waals surface area contributed by atoms with Crippen LogP contribution in [0.1, 0.15) is 91.9 Å². The van der Waals surface area contributed by atoms with Crippen LogP contribution in [0.2, 0.25) is 0 Å². The van der Waals surface area contributed by atoms with E-state index in [4.69, 9.17) is 14.2 Å². The number of ether oxygens (including phenoxy) is 3. The van der Waals surface area contributed by atoms with Crippen molar-refractivity contribution >= 4 is 0 Å². The van der Waals surface area contributed by atoms with Crippen LogP contribution < -0.4 is 0 Å². The molecule has 0 aromatic heterocycles. The zero-order valence-corrected chi connectivity index (χ0v) is 20.7. The second-order valence-electron chi connectivity index (χ2n) is 13.3. The summed E-state index contributed by atoms with van der Waals surface area (Å²) in [5.74, 6) is 5.25. The molecule has 6 unspecified atom stereocenters. The highest BCUT2D eigenvalue weighted by molar-refractivity contribution is 5.15. The SMILES string of the molecule is CO[C@H]1CC[C@]2(C)C3CC[C@@]4(C)C(C[C@@H]5OC6(CCC(C)CO6)[C@@H](C)C54)C3CC[C@@H]2C1. The van der Waals surface area contributed by atoms with Gasteiger partial charge in [0.1, 0.15) is 0 Å². The minimum atomic E-state index is -0.269. The van der Waals surface area contributed by atoms with Crippen LogP contribution in [-0.2, 0) is 14.2 Å². The molecule has 0 N–H and O–H groups in total. The highest BCUT2D eigenvalue weighted by atomic mass is 16.7. The van der Waals surface area contributed by atoms with Gasteiger partial charge in [0, 0.05) is 19.4 Å². The molecule has 6 fully saturated rings. The van der Waals surface area contributed by atoms with Crippen molar-refractivity contribution in [3.8, 4) is 0 Å². The van der Waals surface area contributed by atoms with E-state index >= 15 is 0 Å². The van der Waals surface area contributed by atoms with Gasteiger partial charge in [-0.25, -0.2) is 0 Å². The van der Waals surface area contributed by atoms with Crippen molar-refractivity contribution in [2.45, 2.75) is 110 Å². The Hall–Kier alpha value is -0.120. The van der Waals surface area contributed by atoms with Gasteiger partial charge in [0.05, 0.1) is 18.8 Å². The van der Waals surface area contributed by atoms with Crippen LogP contribution >= 0.6 is 0 Å². The second kappa shape index (κ2) is 7.19. The third-order valence-corrected chi connectivity index (χ3v) is 12.2. The Labute approximate surface area is 190 Å². The molecule has 2 aliphatic heterocycles. The molecule has 3 nitrogen and oxygen atoms in total. The normalized spacial score (nSPS) is 60.9. The molecule has 0 bridgehead atoms. The lowest BCUT2D eigenvalue weighted by molar-refractivity contribution is -0.273. The summed E-state index contributed by atoms with van der Waals surface area (Å²) in [5, 5.41) is 0. The van der Waals surface area contributed by atoms with E-state index in [1.165, 1.54) is 57.8 Å².